The molecule has 9 heteroatoms. The van der Waals surface area contributed by atoms with Crippen LogP contribution in [0.25, 0.3) is 0 Å². The van der Waals surface area contributed by atoms with Crippen LogP contribution in [0.2, 0.25) is 10.0 Å². The van der Waals surface area contributed by atoms with Gasteiger partial charge in [0.25, 0.3) is 5.91 Å². The van der Waals surface area contributed by atoms with Crippen molar-refractivity contribution in [3.8, 4) is 5.75 Å². The van der Waals surface area contributed by atoms with Gasteiger partial charge in [-0.1, -0.05) is 45.2 Å². The number of esters is 1. The van der Waals surface area contributed by atoms with Gasteiger partial charge in [-0.2, -0.15) is 0 Å². The smallest absolute Gasteiger partial charge is 0.338 e. The third-order valence-corrected chi connectivity index (χ3v) is 6.36. The molecule has 3 aromatic carbocycles. The highest BCUT2D eigenvalue weighted by Gasteiger charge is 2.25. The summed E-state index contributed by atoms with van der Waals surface area (Å²) in [6, 6.07) is 15.2. The molecule has 3 rings (SSSR count). The predicted molar refractivity (Wildman–Crippen MR) is 138 cm³/mol. The van der Waals surface area contributed by atoms with Crippen LogP contribution in [0, 0.1) is 0 Å². The number of hydrogen-bond donors (Lipinski definition) is 0. The van der Waals surface area contributed by atoms with Gasteiger partial charge in [-0.3, -0.25) is 4.79 Å². The zero-order valence-electron chi connectivity index (χ0n) is 17.7. The molecule has 0 aliphatic carbocycles. The van der Waals surface area contributed by atoms with Crippen LogP contribution in [0.5, 0.6) is 5.75 Å². The number of amides is 1. The van der Waals surface area contributed by atoms with Gasteiger partial charge in [-0.25, -0.2) is 4.79 Å². The summed E-state index contributed by atoms with van der Waals surface area (Å²) >= 11 is 19.3. The Balaban J connectivity index is 2.08. The van der Waals surface area contributed by atoms with Crippen molar-refractivity contribution in [2.75, 3.05) is 18.6 Å². The van der Waals surface area contributed by atoms with E-state index in [0.29, 0.717) is 47.1 Å². The molecule has 0 fully saturated rings. The van der Waals surface area contributed by atoms with E-state index in [-0.39, 0.29) is 19.1 Å². The Morgan fingerprint density at radius 1 is 1.00 bits per heavy atom. The van der Waals surface area contributed by atoms with Crippen LogP contribution in [0.15, 0.2) is 63.5 Å². The summed E-state index contributed by atoms with van der Waals surface area (Å²) in [7, 11) is 1.50. The molecule has 0 N–H and O–H groups in total. The lowest BCUT2D eigenvalue weighted by Crippen LogP contribution is -2.31. The average Bonchev–Trinajstić information content (AvgIpc) is 2.78. The summed E-state index contributed by atoms with van der Waals surface area (Å²) < 4.78 is 11.9. The van der Waals surface area contributed by atoms with Crippen molar-refractivity contribution in [3.05, 3.63) is 90.3 Å². The Kier molecular flexibility index (Phi) is 8.82. The number of benzene rings is 3. The van der Waals surface area contributed by atoms with E-state index in [1.807, 2.05) is 0 Å². The molecule has 0 aliphatic rings. The number of hydrogen-bond acceptors (Lipinski definition) is 4. The molecule has 0 unspecified atom stereocenters. The van der Waals surface area contributed by atoms with Crippen LogP contribution in [0.4, 0.5) is 5.69 Å². The molecule has 1 amide bonds. The van der Waals surface area contributed by atoms with E-state index in [4.69, 9.17) is 32.7 Å². The third kappa shape index (κ3) is 6.09. The van der Waals surface area contributed by atoms with Crippen LogP contribution in [0.1, 0.15) is 33.2 Å². The number of carbonyl (C=O) groups excluding carboxylic acids is 2. The molecule has 0 atom stereocenters. The molecule has 0 aliphatic heterocycles. The molecule has 0 radical (unpaired) electrons. The monoisotopic (exact) mass is 613 g/mol. The van der Waals surface area contributed by atoms with E-state index in [0.717, 1.165) is 0 Å². The first-order chi connectivity index (χ1) is 15.7. The summed E-state index contributed by atoms with van der Waals surface area (Å²) in [4.78, 5) is 27.4. The zero-order valence-corrected chi connectivity index (χ0v) is 22.4. The fourth-order valence-electron chi connectivity index (χ4n) is 3.16. The standard InChI is InChI=1S/C24H19Br2Cl2NO4/c1-3-33-24(31)14-5-8-18(9-6-14)29(13-15-4-7-17(27)12-21(15)28)23(30)19-10-16(25)11-20(26)22(19)32-2/h4-12H,3,13H2,1-2H3. The van der Waals surface area contributed by atoms with Crippen molar-refractivity contribution < 1.29 is 19.1 Å². The van der Waals surface area contributed by atoms with Crippen molar-refractivity contribution >= 4 is 72.6 Å². The number of nitrogens with zero attached hydrogens (tertiary/aromatic N) is 1. The lowest BCUT2D eigenvalue weighted by Gasteiger charge is -2.25. The van der Waals surface area contributed by atoms with Crippen molar-refractivity contribution in [1.29, 1.82) is 0 Å². The summed E-state index contributed by atoms with van der Waals surface area (Å²) in [5, 5.41) is 0.934. The topological polar surface area (TPSA) is 55.8 Å². The van der Waals surface area contributed by atoms with Gasteiger partial charge in [0.05, 0.1) is 35.9 Å². The predicted octanol–water partition coefficient (Wildman–Crippen LogP) is 7.55. The van der Waals surface area contributed by atoms with Crippen molar-refractivity contribution in [3.63, 3.8) is 0 Å². The third-order valence-electron chi connectivity index (χ3n) is 4.72. The van der Waals surface area contributed by atoms with E-state index in [1.54, 1.807) is 66.4 Å². The van der Waals surface area contributed by atoms with Crippen LogP contribution in [-0.2, 0) is 11.3 Å². The first-order valence-electron chi connectivity index (χ1n) is 9.81. The molecule has 3 aromatic rings. The minimum atomic E-state index is -0.430. The fraction of sp³-hybridized carbons (Fsp3) is 0.167. The molecule has 0 heterocycles. The van der Waals surface area contributed by atoms with Crippen molar-refractivity contribution in [1.82, 2.24) is 0 Å². The van der Waals surface area contributed by atoms with Crippen LogP contribution < -0.4 is 9.64 Å². The van der Waals surface area contributed by atoms with E-state index in [2.05, 4.69) is 31.9 Å². The van der Waals surface area contributed by atoms with E-state index in [1.165, 1.54) is 7.11 Å². The number of rotatable bonds is 7. The second-order valence-corrected chi connectivity index (χ2v) is 9.48. The molecule has 0 saturated carbocycles. The molecular formula is C24H19Br2Cl2NO4. The number of methoxy groups -OCH3 is 1. The molecule has 33 heavy (non-hydrogen) atoms. The first-order valence-corrected chi connectivity index (χ1v) is 12.1. The maximum absolute atomic E-state index is 13.8. The lowest BCUT2D eigenvalue weighted by molar-refractivity contribution is 0.0526. The molecule has 0 saturated heterocycles. The van der Waals surface area contributed by atoms with Gasteiger partial charge in [0.2, 0.25) is 0 Å². The Labute approximate surface area is 218 Å². The largest absolute Gasteiger partial charge is 0.495 e. The minimum Gasteiger partial charge on any atom is -0.495 e. The highest BCUT2D eigenvalue weighted by molar-refractivity contribution is 9.11. The minimum absolute atomic E-state index is 0.168. The summed E-state index contributed by atoms with van der Waals surface area (Å²) in [5.41, 5.74) is 2.01. The zero-order chi connectivity index (χ0) is 24.1. The van der Waals surface area contributed by atoms with Gasteiger partial charge in [0.1, 0.15) is 5.75 Å². The normalized spacial score (nSPS) is 10.6. The lowest BCUT2D eigenvalue weighted by atomic mass is 10.1. The molecule has 0 bridgehead atoms. The second kappa shape index (κ2) is 11.4. The Morgan fingerprint density at radius 2 is 1.70 bits per heavy atom. The number of anilines is 1. The Morgan fingerprint density at radius 3 is 2.30 bits per heavy atom. The van der Waals surface area contributed by atoms with E-state index < -0.39 is 5.97 Å². The van der Waals surface area contributed by atoms with Crippen molar-refractivity contribution in [2.24, 2.45) is 0 Å². The maximum Gasteiger partial charge on any atom is 0.338 e. The molecule has 0 spiro atoms. The molecular weight excluding hydrogens is 597 g/mol. The van der Waals surface area contributed by atoms with Gasteiger partial charge >= 0.3 is 5.97 Å². The second-order valence-electron chi connectivity index (χ2n) is 6.86. The fourth-order valence-corrected chi connectivity index (χ4v) is 5.02. The summed E-state index contributed by atoms with van der Waals surface area (Å²) in [6.07, 6.45) is 0. The van der Waals surface area contributed by atoms with Crippen LogP contribution in [-0.4, -0.2) is 25.6 Å². The number of ether oxygens (including phenoxy) is 2. The molecule has 172 valence electrons. The average molecular weight is 616 g/mol. The van der Waals surface area contributed by atoms with Gasteiger partial charge < -0.3 is 14.4 Å². The molecule has 5 nitrogen and oxygen atoms in total. The number of halogens is 4. The van der Waals surface area contributed by atoms with E-state index >= 15 is 0 Å². The van der Waals surface area contributed by atoms with E-state index in [9.17, 15) is 9.59 Å². The Hall–Kier alpha value is -2.06. The highest BCUT2D eigenvalue weighted by Crippen LogP contribution is 2.35. The van der Waals surface area contributed by atoms with Gasteiger partial charge in [0, 0.05) is 20.2 Å². The van der Waals surface area contributed by atoms with Gasteiger partial charge in [-0.05, 0) is 76.9 Å². The quantitative estimate of drug-likeness (QED) is 0.258. The summed E-state index contributed by atoms with van der Waals surface area (Å²) in [6.45, 7) is 2.19. The maximum atomic E-state index is 13.8. The Bertz CT molecular complexity index is 1190. The first kappa shape index (κ1) is 25.6. The van der Waals surface area contributed by atoms with Crippen molar-refractivity contribution in [2.45, 2.75) is 13.5 Å². The molecule has 0 aromatic heterocycles. The van der Waals surface area contributed by atoms with Gasteiger partial charge in [0.15, 0.2) is 0 Å². The highest BCUT2D eigenvalue weighted by atomic mass is 79.9. The van der Waals surface area contributed by atoms with Crippen LogP contribution >= 0.6 is 55.1 Å². The summed E-state index contributed by atoms with van der Waals surface area (Å²) in [5.74, 6) is -0.345. The SMILES string of the molecule is CCOC(=O)c1ccc(N(Cc2ccc(Cl)cc2Cl)C(=O)c2cc(Br)cc(Br)c2OC)cc1. The van der Waals surface area contributed by atoms with Gasteiger partial charge in [-0.15, -0.1) is 0 Å². The number of carbonyl (C=O) groups is 2. The van der Waals surface area contributed by atoms with Crippen LogP contribution in [0.3, 0.4) is 0 Å².